The van der Waals surface area contributed by atoms with E-state index >= 15 is 0 Å². The molecule has 1 atom stereocenters. The van der Waals surface area contributed by atoms with Crippen molar-refractivity contribution in [1.82, 2.24) is 0 Å². The summed E-state index contributed by atoms with van der Waals surface area (Å²) in [6, 6.07) is 0. The molecule has 0 aromatic rings. The fourth-order valence-corrected chi connectivity index (χ4v) is 6.80. The number of esters is 1. The lowest BCUT2D eigenvalue weighted by molar-refractivity contribution is -0.155. The third-order valence-corrected chi connectivity index (χ3v) is 8.05. The average Bonchev–Trinajstić information content (AvgIpc) is 2.87. The van der Waals surface area contributed by atoms with Gasteiger partial charge in [0.25, 0.3) is 0 Å². The lowest BCUT2D eigenvalue weighted by Crippen LogP contribution is -2.42. The van der Waals surface area contributed by atoms with Crippen molar-refractivity contribution < 1.29 is 9.53 Å². The van der Waals surface area contributed by atoms with Crippen LogP contribution in [0, 0.1) is 5.41 Å². The lowest BCUT2D eigenvalue weighted by Gasteiger charge is -2.44. The van der Waals surface area contributed by atoms with Crippen LogP contribution in [0.3, 0.4) is 0 Å². The molecule has 2 aliphatic carbocycles. The first-order valence-corrected chi connectivity index (χ1v) is 9.35. The molecule has 106 valence electrons. The minimum absolute atomic E-state index is 0.0452. The molecule has 0 amide bonds. The predicted molar refractivity (Wildman–Crippen MR) is 82.5 cm³/mol. The van der Waals surface area contributed by atoms with Gasteiger partial charge in [-0.15, -0.1) is 23.5 Å². The van der Waals surface area contributed by atoms with Crippen LogP contribution in [-0.2, 0) is 9.53 Å². The zero-order valence-electron chi connectivity index (χ0n) is 11.6. The second-order valence-corrected chi connectivity index (χ2v) is 8.80. The summed E-state index contributed by atoms with van der Waals surface area (Å²) in [5.74, 6) is 2.55. The highest BCUT2D eigenvalue weighted by atomic mass is 32.2. The molecular formula is C15H22O2S2. The Labute approximate surface area is 124 Å². The summed E-state index contributed by atoms with van der Waals surface area (Å²) in [7, 11) is 0. The Kier molecular flexibility index (Phi) is 3.91. The van der Waals surface area contributed by atoms with Gasteiger partial charge in [-0.2, -0.15) is 0 Å². The summed E-state index contributed by atoms with van der Waals surface area (Å²) >= 11 is 4.16. The van der Waals surface area contributed by atoms with Crippen LogP contribution in [0.15, 0.2) is 11.6 Å². The van der Waals surface area contributed by atoms with Gasteiger partial charge >= 0.3 is 5.97 Å². The first kappa shape index (κ1) is 13.9. The molecule has 0 bridgehead atoms. The number of carbonyl (C=O) groups excluding carboxylic acids is 1. The van der Waals surface area contributed by atoms with E-state index in [1.165, 1.54) is 29.9 Å². The van der Waals surface area contributed by atoms with Crippen LogP contribution in [0.5, 0.6) is 0 Å². The van der Waals surface area contributed by atoms with Crippen LogP contribution in [-0.4, -0.2) is 28.2 Å². The Morgan fingerprint density at radius 1 is 1.26 bits per heavy atom. The molecule has 0 unspecified atom stereocenters. The van der Waals surface area contributed by atoms with Gasteiger partial charge in [-0.05, 0) is 39.0 Å². The highest BCUT2D eigenvalue weighted by Gasteiger charge is 2.51. The van der Waals surface area contributed by atoms with Crippen LogP contribution < -0.4 is 0 Å². The van der Waals surface area contributed by atoms with Gasteiger partial charge in [0.05, 0.1) is 16.1 Å². The number of hydrogen-bond donors (Lipinski definition) is 0. The van der Waals surface area contributed by atoms with Gasteiger partial charge in [0.1, 0.15) is 0 Å². The molecule has 0 aromatic heterocycles. The number of thioether (sulfide) groups is 2. The van der Waals surface area contributed by atoms with E-state index in [1.807, 2.05) is 6.92 Å². The Hall–Kier alpha value is -0.0900. The van der Waals surface area contributed by atoms with E-state index in [-0.39, 0.29) is 15.5 Å². The molecule has 1 spiro atoms. The summed E-state index contributed by atoms with van der Waals surface area (Å²) in [6.45, 7) is 2.41. The highest BCUT2D eigenvalue weighted by Crippen LogP contribution is 2.58. The van der Waals surface area contributed by atoms with Crippen molar-refractivity contribution in [3.05, 3.63) is 11.6 Å². The maximum Gasteiger partial charge on any atom is 0.316 e. The van der Waals surface area contributed by atoms with E-state index in [0.29, 0.717) is 6.61 Å². The third-order valence-electron chi connectivity index (χ3n) is 4.65. The van der Waals surface area contributed by atoms with Crippen molar-refractivity contribution in [2.45, 2.75) is 49.5 Å². The zero-order valence-corrected chi connectivity index (χ0v) is 13.2. The lowest BCUT2D eigenvalue weighted by atomic mass is 9.64. The first-order chi connectivity index (χ1) is 9.21. The summed E-state index contributed by atoms with van der Waals surface area (Å²) in [5.41, 5.74) is 1.13. The monoisotopic (exact) mass is 298 g/mol. The van der Waals surface area contributed by atoms with Gasteiger partial charge in [0, 0.05) is 11.5 Å². The molecule has 2 fully saturated rings. The molecule has 3 aliphatic rings. The van der Waals surface area contributed by atoms with E-state index in [1.54, 1.807) is 0 Å². The van der Waals surface area contributed by atoms with E-state index < -0.39 is 0 Å². The first-order valence-electron chi connectivity index (χ1n) is 7.38. The molecule has 1 saturated heterocycles. The SMILES string of the molecule is CCOC(=O)[C@@]12CCCCC1=CC1(CC2)SCCS1. The molecule has 0 N–H and O–H groups in total. The maximum atomic E-state index is 12.5. The fraction of sp³-hybridized carbons (Fsp3) is 0.800. The average molecular weight is 298 g/mol. The van der Waals surface area contributed by atoms with Gasteiger partial charge in [-0.1, -0.05) is 18.1 Å². The normalized spacial score (nSPS) is 32.8. The van der Waals surface area contributed by atoms with Gasteiger partial charge < -0.3 is 4.74 Å². The van der Waals surface area contributed by atoms with E-state index in [2.05, 4.69) is 29.6 Å². The van der Waals surface area contributed by atoms with Crippen molar-refractivity contribution in [1.29, 1.82) is 0 Å². The molecule has 3 rings (SSSR count). The Balaban J connectivity index is 1.92. The zero-order chi connectivity index (χ0) is 13.3. The van der Waals surface area contributed by atoms with Crippen molar-refractivity contribution in [3.63, 3.8) is 0 Å². The maximum absolute atomic E-state index is 12.5. The molecule has 1 saturated carbocycles. The molecule has 4 heteroatoms. The summed E-state index contributed by atoms with van der Waals surface area (Å²) < 4.78 is 5.68. The second kappa shape index (κ2) is 5.36. The molecule has 19 heavy (non-hydrogen) atoms. The van der Waals surface area contributed by atoms with Gasteiger partial charge in [0.15, 0.2) is 0 Å². The fourth-order valence-electron chi connectivity index (χ4n) is 3.67. The van der Waals surface area contributed by atoms with Crippen molar-refractivity contribution in [2.75, 3.05) is 18.1 Å². The summed E-state index contributed by atoms with van der Waals surface area (Å²) in [5, 5.41) is 0. The van der Waals surface area contributed by atoms with Crippen molar-refractivity contribution in [3.8, 4) is 0 Å². The van der Waals surface area contributed by atoms with Crippen LogP contribution in [0.2, 0.25) is 0 Å². The van der Waals surface area contributed by atoms with Gasteiger partial charge in [0.2, 0.25) is 0 Å². The highest BCUT2D eigenvalue weighted by molar-refractivity contribution is 8.21. The Morgan fingerprint density at radius 2 is 2.05 bits per heavy atom. The molecule has 1 aliphatic heterocycles. The smallest absolute Gasteiger partial charge is 0.316 e. The summed E-state index contributed by atoms with van der Waals surface area (Å²) in [6.07, 6.45) is 9.09. The molecule has 2 nitrogen and oxygen atoms in total. The van der Waals surface area contributed by atoms with E-state index in [4.69, 9.17) is 4.74 Å². The van der Waals surface area contributed by atoms with Crippen LogP contribution in [0.4, 0.5) is 0 Å². The molecular weight excluding hydrogens is 276 g/mol. The van der Waals surface area contributed by atoms with E-state index in [9.17, 15) is 4.79 Å². The number of hydrogen-bond acceptors (Lipinski definition) is 4. The van der Waals surface area contributed by atoms with Crippen LogP contribution >= 0.6 is 23.5 Å². The number of ether oxygens (including phenoxy) is 1. The largest absolute Gasteiger partial charge is 0.465 e. The Morgan fingerprint density at radius 3 is 2.79 bits per heavy atom. The van der Waals surface area contributed by atoms with Gasteiger partial charge in [-0.3, -0.25) is 4.79 Å². The Bertz CT molecular complexity index is 399. The number of rotatable bonds is 2. The van der Waals surface area contributed by atoms with Crippen LogP contribution in [0.25, 0.3) is 0 Å². The minimum atomic E-state index is -0.261. The van der Waals surface area contributed by atoms with Crippen LogP contribution in [0.1, 0.15) is 45.4 Å². The van der Waals surface area contributed by atoms with Crippen molar-refractivity contribution in [2.24, 2.45) is 5.41 Å². The second-order valence-electron chi connectivity index (χ2n) is 5.69. The minimum Gasteiger partial charge on any atom is -0.465 e. The predicted octanol–water partition coefficient (Wildman–Crippen LogP) is 4.01. The third kappa shape index (κ3) is 2.35. The van der Waals surface area contributed by atoms with E-state index in [0.717, 1.165) is 25.7 Å². The summed E-state index contributed by atoms with van der Waals surface area (Å²) in [4.78, 5) is 12.5. The number of carbonyl (C=O) groups is 1. The topological polar surface area (TPSA) is 26.3 Å². The molecule has 1 heterocycles. The van der Waals surface area contributed by atoms with Crippen molar-refractivity contribution >= 4 is 29.5 Å². The molecule has 0 radical (unpaired) electrons. The standard InChI is InChI=1S/C15H22O2S2/c1-2-17-13(16)14-6-4-3-5-12(14)11-15(8-7-14)18-9-10-19-15/h11H,2-10H2,1H3/t14-/m1/s1. The molecule has 0 aromatic carbocycles. The number of fused-ring (bicyclic) bond motifs is 1. The van der Waals surface area contributed by atoms with Gasteiger partial charge in [-0.25, -0.2) is 0 Å². The quantitative estimate of drug-likeness (QED) is 0.568.